The third kappa shape index (κ3) is 3.38. The average Bonchev–Trinajstić information content (AvgIpc) is 2.41. The number of hydrogen-bond acceptors (Lipinski definition) is 5. The summed E-state index contributed by atoms with van der Waals surface area (Å²) in [5.74, 6) is 1.24. The number of para-hydroxylation sites is 1. The van der Waals surface area contributed by atoms with Crippen LogP contribution in [0.15, 0.2) is 30.3 Å². The smallest absolute Gasteiger partial charge is 0.228 e. The molecule has 0 bridgehead atoms. The van der Waals surface area contributed by atoms with Crippen LogP contribution in [0.1, 0.15) is 18.2 Å². The van der Waals surface area contributed by atoms with Gasteiger partial charge in [-0.25, -0.2) is 4.98 Å². The number of aromatic nitrogens is 2. The number of rotatable bonds is 5. The van der Waals surface area contributed by atoms with E-state index in [-0.39, 0.29) is 0 Å². The summed E-state index contributed by atoms with van der Waals surface area (Å²) in [6.45, 7) is 5.11. The largest absolute Gasteiger partial charge is 0.478 e. The third-order valence-electron chi connectivity index (χ3n) is 2.92. The van der Waals surface area contributed by atoms with E-state index in [9.17, 15) is 0 Å². The quantitative estimate of drug-likeness (QED) is 0.847. The monoisotopic (exact) mass is 272 g/mol. The molecule has 0 radical (unpaired) electrons. The van der Waals surface area contributed by atoms with E-state index >= 15 is 0 Å². The Kier molecular flexibility index (Phi) is 4.40. The standard InChI is InChI=1S/C15H20N4O/c1-4-20-14-9-11(2)17-15(18-14)19(3)10-12-7-5-6-8-13(12)16/h5-9H,4,10,16H2,1-3H3. The summed E-state index contributed by atoms with van der Waals surface area (Å²) < 4.78 is 5.45. The molecule has 2 aromatic rings. The first-order valence-corrected chi connectivity index (χ1v) is 6.63. The van der Waals surface area contributed by atoms with Gasteiger partial charge in [-0.15, -0.1) is 0 Å². The van der Waals surface area contributed by atoms with Crippen molar-refractivity contribution in [3.05, 3.63) is 41.6 Å². The van der Waals surface area contributed by atoms with Gasteiger partial charge in [0.25, 0.3) is 0 Å². The fourth-order valence-electron chi connectivity index (χ4n) is 1.92. The van der Waals surface area contributed by atoms with E-state index in [2.05, 4.69) is 9.97 Å². The first-order chi connectivity index (χ1) is 9.60. The van der Waals surface area contributed by atoms with Crippen LogP contribution < -0.4 is 15.4 Å². The van der Waals surface area contributed by atoms with Gasteiger partial charge in [-0.2, -0.15) is 4.98 Å². The number of ether oxygens (including phenoxy) is 1. The van der Waals surface area contributed by atoms with Crippen molar-refractivity contribution in [1.29, 1.82) is 0 Å². The Balaban J connectivity index is 2.20. The van der Waals surface area contributed by atoms with Crippen LogP contribution in [0.4, 0.5) is 11.6 Å². The molecule has 0 aliphatic rings. The van der Waals surface area contributed by atoms with E-state index in [1.807, 2.05) is 56.1 Å². The van der Waals surface area contributed by atoms with Crippen LogP contribution in [0.5, 0.6) is 5.88 Å². The zero-order chi connectivity index (χ0) is 14.5. The first kappa shape index (κ1) is 14.1. The van der Waals surface area contributed by atoms with Crippen molar-refractivity contribution in [3.63, 3.8) is 0 Å². The molecular weight excluding hydrogens is 252 g/mol. The van der Waals surface area contributed by atoms with Crippen molar-refractivity contribution in [2.24, 2.45) is 0 Å². The topological polar surface area (TPSA) is 64.3 Å². The van der Waals surface area contributed by atoms with Crippen LogP contribution in [0.2, 0.25) is 0 Å². The number of nitrogens with zero attached hydrogens (tertiary/aromatic N) is 3. The molecule has 2 N–H and O–H groups in total. The molecule has 0 saturated heterocycles. The molecule has 0 spiro atoms. The summed E-state index contributed by atoms with van der Waals surface area (Å²) in [5, 5.41) is 0. The predicted octanol–water partition coefficient (Wildman–Crippen LogP) is 2.40. The van der Waals surface area contributed by atoms with E-state index in [0.717, 1.165) is 16.9 Å². The van der Waals surface area contributed by atoms with Gasteiger partial charge in [0.1, 0.15) is 0 Å². The SMILES string of the molecule is CCOc1cc(C)nc(N(C)Cc2ccccc2N)n1. The van der Waals surface area contributed by atoms with Crippen LogP contribution >= 0.6 is 0 Å². The summed E-state index contributed by atoms with van der Waals surface area (Å²) in [4.78, 5) is 10.8. The van der Waals surface area contributed by atoms with Gasteiger partial charge in [0.2, 0.25) is 11.8 Å². The summed E-state index contributed by atoms with van der Waals surface area (Å²) >= 11 is 0. The number of nitrogens with two attached hydrogens (primary N) is 1. The Morgan fingerprint density at radius 1 is 1.25 bits per heavy atom. The van der Waals surface area contributed by atoms with E-state index in [0.29, 0.717) is 25.0 Å². The second kappa shape index (κ2) is 6.23. The van der Waals surface area contributed by atoms with Gasteiger partial charge < -0.3 is 15.4 Å². The van der Waals surface area contributed by atoms with Gasteiger partial charge in [0.15, 0.2) is 0 Å². The number of anilines is 2. The molecule has 2 rings (SSSR count). The average molecular weight is 272 g/mol. The lowest BCUT2D eigenvalue weighted by atomic mass is 10.2. The fourth-order valence-corrected chi connectivity index (χ4v) is 1.92. The minimum Gasteiger partial charge on any atom is -0.478 e. The molecule has 1 heterocycles. The summed E-state index contributed by atoms with van der Waals surface area (Å²) in [6, 6.07) is 9.63. The van der Waals surface area contributed by atoms with Gasteiger partial charge in [0.05, 0.1) is 6.61 Å². The molecule has 0 saturated carbocycles. The molecular formula is C15H20N4O. The molecule has 20 heavy (non-hydrogen) atoms. The van der Waals surface area contributed by atoms with Crippen molar-refractivity contribution in [3.8, 4) is 5.88 Å². The second-order valence-corrected chi connectivity index (χ2v) is 4.64. The molecule has 0 unspecified atom stereocenters. The second-order valence-electron chi connectivity index (χ2n) is 4.64. The Morgan fingerprint density at radius 3 is 2.70 bits per heavy atom. The highest BCUT2D eigenvalue weighted by Gasteiger charge is 2.10. The van der Waals surface area contributed by atoms with E-state index in [4.69, 9.17) is 10.5 Å². The molecule has 1 aromatic heterocycles. The van der Waals surface area contributed by atoms with Crippen LogP contribution in [-0.2, 0) is 6.54 Å². The predicted molar refractivity (Wildman–Crippen MR) is 80.9 cm³/mol. The molecule has 5 nitrogen and oxygen atoms in total. The Bertz CT molecular complexity index is 586. The molecule has 1 aromatic carbocycles. The van der Waals surface area contributed by atoms with Gasteiger partial charge in [-0.1, -0.05) is 18.2 Å². The molecule has 0 atom stereocenters. The minimum absolute atomic E-state index is 0.589. The molecule has 0 aliphatic carbocycles. The van der Waals surface area contributed by atoms with Crippen LogP contribution in [0.25, 0.3) is 0 Å². The van der Waals surface area contributed by atoms with Crippen molar-refractivity contribution < 1.29 is 4.74 Å². The molecule has 0 aliphatic heterocycles. The lowest BCUT2D eigenvalue weighted by Gasteiger charge is -2.19. The highest BCUT2D eigenvalue weighted by molar-refractivity contribution is 5.48. The van der Waals surface area contributed by atoms with Crippen molar-refractivity contribution in [2.45, 2.75) is 20.4 Å². The highest BCUT2D eigenvalue weighted by atomic mass is 16.5. The Morgan fingerprint density at radius 2 is 2.00 bits per heavy atom. The van der Waals surface area contributed by atoms with Crippen molar-refractivity contribution >= 4 is 11.6 Å². The summed E-state index contributed by atoms with van der Waals surface area (Å²) in [6.07, 6.45) is 0. The van der Waals surface area contributed by atoms with Crippen molar-refractivity contribution in [1.82, 2.24) is 9.97 Å². The maximum atomic E-state index is 5.96. The molecule has 106 valence electrons. The van der Waals surface area contributed by atoms with Gasteiger partial charge in [-0.05, 0) is 25.5 Å². The number of hydrogen-bond donors (Lipinski definition) is 1. The number of aryl methyl sites for hydroxylation is 1. The summed E-state index contributed by atoms with van der Waals surface area (Å²) in [5.41, 5.74) is 8.67. The summed E-state index contributed by atoms with van der Waals surface area (Å²) in [7, 11) is 1.94. The first-order valence-electron chi connectivity index (χ1n) is 6.63. The Hall–Kier alpha value is -2.30. The third-order valence-corrected chi connectivity index (χ3v) is 2.92. The van der Waals surface area contributed by atoms with Crippen LogP contribution in [0.3, 0.4) is 0 Å². The zero-order valence-corrected chi connectivity index (χ0v) is 12.1. The van der Waals surface area contributed by atoms with E-state index in [1.54, 1.807) is 0 Å². The van der Waals surface area contributed by atoms with Gasteiger partial charge in [-0.3, -0.25) is 0 Å². The zero-order valence-electron chi connectivity index (χ0n) is 12.1. The number of benzene rings is 1. The lowest BCUT2D eigenvalue weighted by molar-refractivity contribution is 0.326. The normalized spacial score (nSPS) is 10.3. The maximum absolute atomic E-state index is 5.96. The minimum atomic E-state index is 0.589. The van der Waals surface area contributed by atoms with Gasteiger partial charge in [0, 0.05) is 31.0 Å². The maximum Gasteiger partial charge on any atom is 0.228 e. The van der Waals surface area contributed by atoms with Gasteiger partial charge >= 0.3 is 0 Å². The molecule has 0 fully saturated rings. The van der Waals surface area contributed by atoms with Crippen LogP contribution in [-0.4, -0.2) is 23.6 Å². The molecule has 0 amide bonds. The van der Waals surface area contributed by atoms with Crippen LogP contribution in [0, 0.1) is 6.92 Å². The fraction of sp³-hybridized carbons (Fsp3) is 0.333. The van der Waals surface area contributed by atoms with Crippen molar-refractivity contribution in [2.75, 3.05) is 24.3 Å². The number of nitrogen functional groups attached to an aromatic ring is 1. The van der Waals surface area contributed by atoms with E-state index < -0.39 is 0 Å². The molecule has 5 heteroatoms. The highest BCUT2D eigenvalue weighted by Crippen LogP contribution is 2.18. The lowest BCUT2D eigenvalue weighted by Crippen LogP contribution is -2.20. The van der Waals surface area contributed by atoms with E-state index in [1.165, 1.54) is 0 Å². The Labute approximate surface area is 119 Å².